The van der Waals surface area contributed by atoms with Crippen LogP contribution in [0.3, 0.4) is 0 Å². The Bertz CT molecular complexity index is 488. The molecule has 0 aromatic carbocycles. The summed E-state index contributed by atoms with van der Waals surface area (Å²) >= 11 is 0. The summed E-state index contributed by atoms with van der Waals surface area (Å²) in [4.78, 5) is 3.32. The summed E-state index contributed by atoms with van der Waals surface area (Å²) < 4.78 is 37.6. The zero-order valence-electron chi connectivity index (χ0n) is 7.78. The van der Waals surface area contributed by atoms with Gasteiger partial charge in [-0.05, 0) is 18.6 Å². The van der Waals surface area contributed by atoms with Crippen LogP contribution in [0.5, 0.6) is 0 Å². The molecule has 0 aliphatic carbocycles. The fraction of sp³-hybridized carbons (Fsp3) is 0.375. The van der Waals surface area contributed by atoms with Gasteiger partial charge in [-0.2, -0.15) is 18.3 Å². The van der Waals surface area contributed by atoms with Crippen molar-refractivity contribution in [1.82, 2.24) is 19.8 Å². The van der Waals surface area contributed by atoms with Crippen molar-refractivity contribution in [2.45, 2.75) is 19.5 Å². The number of nitrogens with zero attached hydrogens (tertiary/aromatic N) is 4. The van der Waals surface area contributed by atoms with Crippen LogP contribution in [0.15, 0.2) is 12.1 Å². The molecule has 7 heteroatoms. The molecule has 0 aliphatic heterocycles. The van der Waals surface area contributed by atoms with Crippen LogP contribution in [0.1, 0.15) is 18.4 Å². The van der Waals surface area contributed by atoms with Crippen molar-refractivity contribution in [2.24, 2.45) is 0 Å². The second-order valence-corrected chi connectivity index (χ2v) is 2.96. The molecule has 0 amide bonds. The van der Waals surface area contributed by atoms with Gasteiger partial charge in [0.25, 0.3) is 5.82 Å². The van der Waals surface area contributed by atoms with E-state index in [0.29, 0.717) is 12.1 Å². The molecule has 0 N–H and O–H groups in total. The molecule has 2 rings (SSSR count). The van der Waals surface area contributed by atoms with E-state index in [-0.39, 0.29) is 5.65 Å². The molecule has 0 aliphatic rings. The van der Waals surface area contributed by atoms with Gasteiger partial charge in [0.05, 0.1) is 5.69 Å². The second-order valence-electron chi connectivity index (χ2n) is 2.96. The van der Waals surface area contributed by atoms with E-state index < -0.39 is 12.0 Å². The Hall–Kier alpha value is -1.66. The molecule has 0 atom stereocenters. The Kier molecular flexibility index (Phi) is 2.09. The molecule has 0 spiro atoms. The van der Waals surface area contributed by atoms with E-state index in [0.717, 1.165) is 4.63 Å². The molecule has 80 valence electrons. The Labute approximate surface area is 82.7 Å². The summed E-state index contributed by atoms with van der Waals surface area (Å²) in [6.07, 6.45) is -3.89. The minimum atomic E-state index is -4.53. The zero-order valence-corrected chi connectivity index (χ0v) is 7.78. The van der Waals surface area contributed by atoms with Gasteiger partial charge < -0.3 is 0 Å². The molecule has 0 unspecified atom stereocenters. The van der Waals surface area contributed by atoms with Crippen molar-refractivity contribution in [2.75, 3.05) is 0 Å². The highest BCUT2D eigenvalue weighted by Crippen LogP contribution is 2.26. The summed E-state index contributed by atoms with van der Waals surface area (Å²) in [6, 6.07) is 3.10. The molecule has 2 aromatic heterocycles. The standard InChI is InChI=1S/C8H7F3N4/c1-2-5-3-4-6-12-7(8(9,10)11)14-15(6)13-5/h3-4H,2H2,1H3. The van der Waals surface area contributed by atoms with E-state index in [4.69, 9.17) is 0 Å². The molecule has 0 fully saturated rings. The van der Waals surface area contributed by atoms with Crippen LogP contribution >= 0.6 is 0 Å². The minimum absolute atomic E-state index is 0.0968. The van der Waals surface area contributed by atoms with Crippen LogP contribution in [-0.2, 0) is 12.6 Å². The number of hydrogen-bond donors (Lipinski definition) is 0. The van der Waals surface area contributed by atoms with Gasteiger partial charge in [0.1, 0.15) is 0 Å². The average molecular weight is 216 g/mol. The summed E-state index contributed by atoms with van der Waals surface area (Å²) in [7, 11) is 0. The lowest BCUT2D eigenvalue weighted by Gasteiger charge is -1.96. The third-order valence-corrected chi connectivity index (χ3v) is 1.88. The van der Waals surface area contributed by atoms with Gasteiger partial charge in [-0.15, -0.1) is 9.73 Å². The first kappa shape index (κ1) is 9.88. The number of aromatic nitrogens is 4. The quantitative estimate of drug-likeness (QED) is 0.728. The summed E-state index contributed by atoms with van der Waals surface area (Å²) in [5.41, 5.74) is 0.764. The van der Waals surface area contributed by atoms with Crippen molar-refractivity contribution in [3.8, 4) is 0 Å². The van der Waals surface area contributed by atoms with Gasteiger partial charge in [0, 0.05) is 0 Å². The fourth-order valence-electron chi connectivity index (χ4n) is 1.13. The SMILES string of the molecule is CCc1ccc2nc(C(F)(F)F)nn2n1. The average Bonchev–Trinajstić information content (AvgIpc) is 2.59. The van der Waals surface area contributed by atoms with Crippen molar-refractivity contribution >= 4 is 5.65 Å². The number of fused-ring (bicyclic) bond motifs is 1. The molecule has 2 heterocycles. The minimum Gasteiger partial charge on any atom is -0.201 e. The highest BCUT2D eigenvalue weighted by atomic mass is 19.4. The number of halogens is 3. The summed E-state index contributed by atoms with van der Waals surface area (Å²) in [5.74, 6) is -1.16. The normalized spacial score (nSPS) is 12.3. The van der Waals surface area contributed by atoms with Gasteiger partial charge in [-0.1, -0.05) is 6.92 Å². The van der Waals surface area contributed by atoms with Crippen molar-refractivity contribution in [3.05, 3.63) is 23.7 Å². The van der Waals surface area contributed by atoms with E-state index in [2.05, 4.69) is 15.2 Å². The molecule has 4 nitrogen and oxygen atoms in total. The smallest absolute Gasteiger partial charge is 0.201 e. The number of aryl methyl sites for hydroxylation is 1. The Balaban J connectivity index is 2.56. The lowest BCUT2D eigenvalue weighted by Crippen LogP contribution is -2.08. The van der Waals surface area contributed by atoms with Crippen LogP contribution in [0.4, 0.5) is 13.2 Å². The molecule has 2 aromatic rings. The van der Waals surface area contributed by atoms with Crippen LogP contribution in [0, 0.1) is 0 Å². The first-order valence-electron chi connectivity index (χ1n) is 4.31. The van der Waals surface area contributed by atoms with Gasteiger partial charge in [-0.3, -0.25) is 0 Å². The lowest BCUT2D eigenvalue weighted by molar-refractivity contribution is -0.144. The zero-order chi connectivity index (χ0) is 11.1. The third kappa shape index (κ3) is 1.77. The second kappa shape index (κ2) is 3.18. The van der Waals surface area contributed by atoms with Crippen molar-refractivity contribution < 1.29 is 13.2 Å². The molecule has 0 saturated heterocycles. The summed E-state index contributed by atoms with van der Waals surface area (Å²) in [5, 5.41) is 7.13. The van der Waals surface area contributed by atoms with Crippen molar-refractivity contribution in [3.63, 3.8) is 0 Å². The van der Waals surface area contributed by atoms with E-state index in [1.807, 2.05) is 6.92 Å². The maximum atomic E-state index is 12.2. The van der Waals surface area contributed by atoms with Gasteiger partial charge in [-0.25, -0.2) is 4.98 Å². The van der Waals surface area contributed by atoms with E-state index in [1.54, 1.807) is 6.07 Å². The van der Waals surface area contributed by atoms with Crippen LogP contribution in [0.25, 0.3) is 5.65 Å². The highest BCUT2D eigenvalue weighted by Gasteiger charge is 2.36. The maximum Gasteiger partial charge on any atom is 0.453 e. The fourth-order valence-corrected chi connectivity index (χ4v) is 1.13. The van der Waals surface area contributed by atoms with Gasteiger partial charge >= 0.3 is 6.18 Å². The lowest BCUT2D eigenvalue weighted by atomic mass is 10.3. The maximum absolute atomic E-state index is 12.2. The molecule has 0 radical (unpaired) electrons. The number of hydrogen-bond acceptors (Lipinski definition) is 3. The van der Waals surface area contributed by atoms with E-state index in [9.17, 15) is 13.2 Å². The van der Waals surface area contributed by atoms with Crippen LogP contribution in [0.2, 0.25) is 0 Å². The monoisotopic (exact) mass is 216 g/mol. The molecule has 0 bridgehead atoms. The Morgan fingerprint density at radius 2 is 2.00 bits per heavy atom. The molecule has 0 saturated carbocycles. The Morgan fingerprint density at radius 1 is 1.27 bits per heavy atom. The number of rotatable bonds is 1. The molecular weight excluding hydrogens is 209 g/mol. The first-order valence-corrected chi connectivity index (χ1v) is 4.31. The van der Waals surface area contributed by atoms with Crippen LogP contribution < -0.4 is 0 Å². The predicted molar refractivity (Wildman–Crippen MR) is 45.2 cm³/mol. The Morgan fingerprint density at radius 3 is 2.60 bits per heavy atom. The van der Waals surface area contributed by atoms with E-state index >= 15 is 0 Å². The molecule has 15 heavy (non-hydrogen) atoms. The molecular formula is C8H7F3N4. The largest absolute Gasteiger partial charge is 0.453 e. The topological polar surface area (TPSA) is 43.1 Å². The van der Waals surface area contributed by atoms with Crippen molar-refractivity contribution in [1.29, 1.82) is 0 Å². The predicted octanol–water partition coefficient (Wildman–Crippen LogP) is 1.71. The summed E-state index contributed by atoms with van der Waals surface area (Å²) in [6.45, 7) is 1.86. The third-order valence-electron chi connectivity index (χ3n) is 1.88. The van der Waals surface area contributed by atoms with Gasteiger partial charge in [0.2, 0.25) is 0 Å². The highest BCUT2D eigenvalue weighted by molar-refractivity contribution is 5.36. The number of alkyl halides is 3. The van der Waals surface area contributed by atoms with Gasteiger partial charge in [0.15, 0.2) is 5.65 Å². The van der Waals surface area contributed by atoms with E-state index in [1.165, 1.54) is 6.07 Å². The van der Waals surface area contributed by atoms with Crippen LogP contribution in [-0.4, -0.2) is 19.8 Å². The first-order chi connectivity index (χ1) is 7.00.